The minimum Gasteiger partial charge on any atom is -0.492 e. The smallest absolute Gasteiger partial charge is 0.142 e. The molecule has 1 atom stereocenters. The second-order valence-electron chi connectivity index (χ2n) is 7.56. The predicted molar refractivity (Wildman–Crippen MR) is 99.0 cm³/mol. The molecule has 2 bridgehead atoms. The number of benzene rings is 1. The molecule has 4 saturated heterocycles. The third kappa shape index (κ3) is 3.40. The molecule has 0 spiro atoms. The lowest BCUT2D eigenvalue weighted by atomic mass is 9.83. The van der Waals surface area contributed by atoms with Gasteiger partial charge >= 0.3 is 0 Å². The Bertz CT molecular complexity index is 533. The minimum absolute atomic E-state index is 0.732. The van der Waals surface area contributed by atoms with Crippen molar-refractivity contribution in [1.82, 2.24) is 9.80 Å². The van der Waals surface area contributed by atoms with E-state index in [-0.39, 0.29) is 0 Å². The summed E-state index contributed by atoms with van der Waals surface area (Å²) in [5, 5.41) is 0. The number of hydrogen-bond acceptors (Lipinski definition) is 4. The van der Waals surface area contributed by atoms with Crippen molar-refractivity contribution in [3.05, 3.63) is 24.3 Å². The van der Waals surface area contributed by atoms with Crippen LogP contribution in [-0.2, 0) is 0 Å². The Balaban J connectivity index is 1.32. The quantitative estimate of drug-likeness (QED) is 0.827. The minimum atomic E-state index is 0.732. The maximum absolute atomic E-state index is 5.81. The average molecular weight is 329 g/mol. The van der Waals surface area contributed by atoms with Gasteiger partial charge in [-0.05, 0) is 57.3 Å². The summed E-state index contributed by atoms with van der Waals surface area (Å²) in [5.74, 6) is 2.04. The van der Waals surface area contributed by atoms with Crippen LogP contribution in [0.25, 0.3) is 0 Å². The monoisotopic (exact) mass is 329 g/mol. The van der Waals surface area contributed by atoms with E-state index < -0.39 is 0 Å². The number of ether oxygens (including phenoxy) is 1. The van der Waals surface area contributed by atoms with E-state index in [1.54, 1.807) is 0 Å². The summed E-state index contributed by atoms with van der Waals surface area (Å²) in [6, 6.07) is 9.30. The van der Waals surface area contributed by atoms with Crippen molar-refractivity contribution in [2.45, 2.75) is 32.2 Å². The highest BCUT2D eigenvalue weighted by Crippen LogP contribution is 2.33. The first-order valence-corrected chi connectivity index (χ1v) is 9.76. The Morgan fingerprint density at radius 1 is 1.00 bits per heavy atom. The standard InChI is InChI=1S/C20H31N3O/c1-2-24-20-6-4-3-5-19(20)23-13-11-21(12-14-23)16-18-15-17-7-9-22(18)10-8-17/h3-6,17-18H,2,7-16H2,1H3. The van der Waals surface area contributed by atoms with Crippen molar-refractivity contribution >= 4 is 5.69 Å². The van der Waals surface area contributed by atoms with Gasteiger partial charge in [0.15, 0.2) is 0 Å². The van der Waals surface area contributed by atoms with Gasteiger partial charge in [0.2, 0.25) is 0 Å². The Labute approximate surface area is 146 Å². The zero-order chi connectivity index (χ0) is 16.4. The highest BCUT2D eigenvalue weighted by Gasteiger charge is 2.34. The van der Waals surface area contributed by atoms with Crippen molar-refractivity contribution in [3.63, 3.8) is 0 Å². The number of para-hydroxylation sites is 2. The lowest BCUT2D eigenvalue weighted by molar-refractivity contribution is 0.0273. The second kappa shape index (κ2) is 7.32. The van der Waals surface area contributed by atoms with Crippen molar-refractivity contribution in [3.8, 4) is 5.75 Å². The summed E-state index contributed by atoms with van der Waals surface area (Å²) in [6.45, 7) is 11.3. The lowest BCUT2D eigenvalue weighted by Crippen LogP contribution is -2.56. The fraction of sp³-hybridized carbons (Fsp3) is 0.700. The van der Waals surface area contributed by atoms with E-state index in [1.807, 2.05) is 0 Å². The van der Waals surface area contributed by atoms with Gasteiger partial charge in [0.05, 0.1) is 12.3 Å². The number of piperidine rings is 3. The van der Waals surface area contributed by atoms with Crippen LogP contribution in [0.2, 0.25) is 0 Å². The van der Waals surface area contributed by atoms with E-state index in [1.165, 1.54) is 57.7 Å². The molecule has 1 aromatic rings. The number of piperazine rings is 1. The van der Waals surface area contributed by atoms with Crippen molar-refractivity contribution in [2.24, 2.45) is 5.92 Å². The van der Waals surface area contributed by atoms with E-state index in [0.29, 0.717) is 0 Å². The van der Waals surface area contributed by atoms with Crippen LogP contribution < -0.4 is 9.64 Å². The number of rotatable bonds is 5. The van der Waals surface area contributed by atoms with Crippen LogP contribution in [-0.4, -0.2) is 68.3 Å². The summed E-state index contributed by atoms with van der Waals surface area (Å²) in [5.41, 5.74) is 1.26. The van der Waals surface area contributed by atoms with Crippen LogP contribution in [0.1, 0.15) is 26.2 Å². The third-order valence-corrected chi connectivity index (χ3v) is 6.12. The number of hydrogen-bond donors (Lipinski definition) is 0. The molecule has 4 fully saturated rings. The highest BCUT2D eigenvalue weighted by molar-refractivity contribution is 5.58. The zero-order valence-corrected chi connectivity index (χ0v) is 15.0. The maximum atomic E-state index is 5.81. The van der Waals surface area contributed by atoms with Gasteiger partial charge in [0.25, 0.3) is 0 Å². The van der Waals surface area contributed by atoms with E-state index in [0.717, 1.165) is 37.4 Å². The molecule has 0 N–H and O–H groups in total. The molecule has 4 aliphatic rings. The van der Waals surface area contributed by atoms with Gasteiger partial charge in [-0.2, -0.15) is 0 Å². The molecule has 1 aromatic carbocycles. The van der Waals surface area contributed by atoms with E-state index in [9.17, 15) is 0 Å². The van der Waals surface area contributed by atoms with Gasteiger partial charge in [0.1, 0.15) is 5.75 Å². The highest BCUT2D eigenvalue weighted by atomic mass is 16.5. The normalized spacial score (nSPS) is 30.5. The first kappa shape index (κ1) is 16.2. The molecular weight excluding hydrogens is 298 g/mol. The molecule has 0 saturated carbocycles. The van der Waals surface area contributed by atoms with Crippen molar-refractivity contribution in [1.29, 1.82) is 0 Å². The van der Waals surface area contributed by atoms with E-state index >= 15 is 0 Å². The fourth-order valence-corrected chi connectivity index (χ4v) is 4.74. The summed E-state index contributed by atoms with van der Waals surface area (Å²) < 4.78 is 5.81. The van der Waals surface area contributed by atoms with Crippen LogP contribution >= 0.6 is 0 Å². The fourth-order valence-electron chi connectivity index (χ4n) is 4.74. The van der Waals surface area contributed by atoms with Gasteiger partial charge in [-0.1, -0.05) is 12.1 Å². The molecule has 4 heterocycles. The summed E-state index contributed by atoms with van der Waals surface area (Å²) in [7, 11) is 0. The van der Waals surface area contributed by atoms with Gasteiger partial charge < -0.3 is 9.64 Å². The number of anilines is 1. The second-order valence-corrected chi connectivity index (χ2v) is 7.56. The molecule has 4 heteroatoms. The summed E-state index contributed by atoms with van der Waals surface area (Å²) >= 11 is 0. The van der Waals surface area contributed by atoms with Crippen LogP contribution in [0.3, 0.4) is 0 Å². The van der Waals surface area contributed by atoms with Gasteiger partial charge in [-0.3, -0.25) is 9.80 Å². The van der Waals surface area contributed by atoms with Gasteiger partial charge in [-0.25, -0.2) is 0 Å². The van der Waals surface area contributed by atoms with Crippen LogP contribution in [0.4, 0.5) is 5.69 Å². The largest absolute Gasteiger partial charge is 0.492 e. The molecule has 0 aliphatic carbocycles. The van der Waals surface area contributed by atoms with E-state index in [2.05, 4.69) is 45.9 Å². The van der Waals surface area contributed by atoms with Gasteiger partial charge in [0, 0.05) is 38.8 Å². The molecule has 0 radical (unpaired) electrons. The van der Waals surface area contributed by atoms with Gasteiger partial charge in [-0.15, -0.1) is 0 Å². The zero-order valence-electron chi connectivity index (χ0n) is 15.0. The first-order valence-electron chi connectivity index (χ1n) is 9.76. The lowest BCUT2D eigenvalue weighted by Gasteiger charge is -2.48. The predicted octanol–water partition coefficient (Wildman–Crippen LogP) is 2.69. The maximum Gasteiger partial charge on any atom is 0.142 e. The number of nitrogens with zero attached hydrogens (tertiary/aromatic N) is 3. The molecule has 0 amide bonds. The van der Waals surface area contributed by atoms with Crippen molar-refractivity contribution < 1.29 is 4.74 Å². The molecule has 24 heavy (non-hydrogen) atoms. The average Bonchev–Trinajstić information content (AvgIpc) is 2.64. The molecule has 1 unspecified atom stereocenters. The summed E-state index contributed by atoms with van der Waals surface area (Å²) in [4.78, 5) is 7.93. The van der Waals surface area contributed by atoms with Crippen molar-refractivity contribution in [2.75, 3.05) is 57.3 Å². The topological polar surface area (TPSA) is 19.0 Å². The third-order valence-electron chi connectivity index (χ3n) is 6.12. The molecule has 5 rings (SSSR count). The van der Waals surface area contributed by atoms with Crippen LogP contribution in [0.5, 0.6) is 5.75 Å². The Morgan fingerprint density at radius 3 is 2.42 bits per heavy atom. The molecule has 4 aliphatic heterocycles. The Kier molecular flexibility index (Phi) is 4.95. The Morgan fingerprint density at radius 2 is 1.75 bits per heavy atom. The Hall–Kier alpha value is -1.26. The summed E-state index contributed by atoms with van der Waals surface area (Å²) in [6.07, 6.45) is 4.32. The molecule has 4 nitrogen and oxygen atoms in total. The van der Waals surface area contributed by atoms with Crippen LogP contribution in [0.15, 0.2) is 24.3 Å². The molecule has 0 aromatic heterocycles. The molecular formula is C20H31N3O. The molecule has 132 valence electrons. The SMILES string of the molecule is CCOc1ccccc1N1CCN(CC2CC3CCN2CC3)CC1. The van der Waals surface area contributed by atoms with E-state index in [4.69, 9.17) is 4.74 Å². The van der Waals surface area contributed by atoms with Crippen LogP contribution in [0, 0.1) is 5.92 Å². The first-order chi connectivity index (χ1) is 11.8. The number of fused-ring (bicyclic) bond motifs is 3.